The molecule has 0 saturated heterocycles. The summed E-state index contributed by atoms with van der Waals surface area (Å²) in [6, 6.07) is 10.3. The van der Waals surface area contributed by atoms with Gasteiger partial charge in [0.1, 0.15) is 18.2 Å². The SMILES string of the molecule is O=S(=O)(CCOc1ccc(F)cc1)NC(c1ccccn1)C1CC(O)C1. The quantitative estimate of drug-likeness (QED) is 0.732. The van der Waals surface area contributed by atoms with Gasteiger partial charge in [0, 0.05) is 6.20 Å². The summed E-state index contributed by atoms with van der Waals surface area (Å²) in [4.78, 5) is 4.25. The Kier molecular flexibility index (Phi) is 5.85. The summed E-state index contributed by atoms with van der Waals surface area (Å²) < 4.78 is 45.8. The predicted octanol–water partition coefficient (Wildman–Crippen LogP) is 2.03. The second-order valence-electron chi connectivity index (χ2n) is 6.36. The standard InChI is InChI=1S/C18H21FN2O4S/c19-14-4-6-16(7-5-14)25-9-10-26(23,24)21-18(13-11-15(22)12-13)17-3-1-2-8-20-17/h1-8,13,15,18,21-22H,9-12H2. The van der Waals surface area contributed by atoms with E-state index in [-0.39, 0.29) is 24.1 Å². The van der Waals surface area contributed by atoms with Crippen molar-refractivity contribution in [2.24, 2.45) is 5.92 Å². The Morgan fingerprint density at radius 2 is 1.96 bits per heavy atom. The van der Waals surface area contributed by atoms with Gasteiger partial charge in [-0.05, 0) is 55.2 Å². The first-order valence-corrected chi connectivity index (χ1v) is 10.1. The molecule has 1 fully saturated rings. The summed E-state index contributed by atoms with van der Waals surface area (Å²) in [6.07, 6.45) is 2.30. The second kappa shape index (κ2) is 8.11. The van der Waals surface area contributed by atoms with Crippen LogP contribution in [0.1, 0.15) is 24.6 Å². The monoisotopic (exact) mass is 380 g/mol. The number of hydrogen-bond acceptors (Lipinski definition) is 5. The number of aliphatic hydroxyl groups excluding tert-OH is 1. The van der Waals surface area contributed by atoms with E-state index in [0.717, 1.165) is 0 Å². The van der Waals surface area contributed by atoms with E-state index in [0.29, 0.717) is 24.3 Å². The van der Waals surface area contributed by atoms with Crippen molar-refractivity contribution in [2.75, 3.05) is 12.4 Å². The third-order valence-electron chi connectivity index (χ3n) is 4.37. The molecule has 2 N–H and O–H groups in total. The van der Waals surface area contributed by atoms with Crippen LogP contribution in [-0.2, 0) is 10.0 Å². The van der Waals surface area contributed by atoms with Gasteiger partial charge < -0.3 is 9.84 Å². The molecule has 0 bridgehead atoms. The van der Waals surface area contributed by atoms with Crippen LogP contribution >= 0.6 is 0 Å². The highest BCUT2D eigenvalue weighted by Gasteiger charge is 2.37. The summed E-state index contributed by atoms with van der Waals surface area (Å²) in [5, 5.41) is 9.56. The highest BCUT2D eigenvalue weighted by atomic mass is 32.2. The minimum Gasteiger partial charge on any atom is -0.492 e. The van der Waals surface area contributed by atoms with Crippen LogP contribution in [0.25, 0.3) is 0 Å². The Labute approximate surface area is 152 Å². The summed E-state index contributed by atoms with van der Waals surface area (Å²) in [5.74, 6) is -0.201. The zero-order chi connectivity index (χ0) is 18.6. The Morgan fingerprint density at radius 1 is 1.23 bits per heavy atom. The van der Waals surface area contributed by atoms with E-state index < -0.39 is 22.2 Å². The largest absolute Gasteiger partial charge is 0.492 e. The van der Waals surface area contributed by atoms with Crippen molar-refractivity contribution in [1.29, 1.82) is 0 Å². The molecule has 3 rings (SSSR count). The minimum absolute atomic E-state index is 0.00712. The predicted molar refractivity (Wildman–Crippen MR) is 94.5 cm³/mol. The van der Waals surface area contributed by atoms with Crippen molar-refractivity contribution in [2.45, 2.75) is 25.0 Å². The highest BCUT2D eigenvalue weighted by Crippen LogP contribution is 2.37. The molecule has 6 nitrogen and oxygen atoms in total. The number of sulfonamides is 1. The molecule has 26 heavy (non-hydrogen) atoms. The third kappa shape index (κ3) is 5.00. The van der Waals surface area contributed by atoms with Gasteiger partial charge in [-0.2, -0.15) is 0 Å². The minimum atomic E-state index is -3.62. The number of aromatic nitrogens is 1. The van der Waals surface area contributed by atoms with Gasteiger partial charge in [0.2, 0.25) is 10.0 Å². The number of nitrogens with one attached hydrogen (secondary N) is 1. The summed E-state index contributed by atoms with van der Waals surface area (Å²) in [7, 11) is -3.62. The number of nitrogens with zero attached hydrogens (tertiary/aromatic N) is 1. The number of hydrogen-bond donors (Lipinski definition) is 2. The van der Waals surface area contributed by atoms with Crippen molar-refractivity contribution < 1.29 is 22.7 Å². The molecule has 2 aromatic rings. The van der Waals surface area contributed by atoms with Crippen LogP contribution in [0.4, 0.5) is 4.39 Å². The lowest BCUT2D eigenvalue weighted by Crippen LogP contribution is -2.42. The molecule has 1 heterocycles. The lowest BCUT2D eigenvalue weighted by atomic mass is 9.76. The third-order valence-corrected chi connectivity index (χ3v) is 5.69. The molecular formula is C18H21FN2O4S. The van der Waals surface area contributed by atoms with Crippen LogP contribution in [0.2, 0.25) is 0 Å². The first kappa shape index (κ1) is 18.8. The first-order valence-electron chi connectivity index (χ1n) is 8.40. The van der Waals surface area contributed by atoms with Crippen LogP contribution < -0.4 is 9.46 Å². The van der Waals surface area contributed by atoms with Crippen molar-refractivity contribution in [3.05, 3.63) is 60.2 Å². The van der Waals surface area contributed by atoms with Crippen LogP contribution in [0.15, 0.2) is 48.7 Å². The molecule has 0 spiro atoms. The number of aliphatic hydroxyl groups is 1. The molecule has 140 valence electrons. The van der Waals surface area contributed by atoms with Gasteiger partial charge >= 0.3 is 0 Å². The maximum absolute atomic E-state index is 12.9. The molecular weight excluding hydrogens is 359 g/mol. The smallest absolute Gasteiger partial charge is 0.215 e. The Balaban J connectivity index is 1.60. The maximum atomic E-state index is 12.9. The van der Waals surface area contributed by atoms with E-state index in [9.17, 15) is 17.9 Å². The fraction of sp³-hybridized carbons (Fsp3) is 0.389. The number of pyridine rings is 1. The van der Waals surface area contributed by atoms with Crippen molar-refractivity contribution in [3.63, 3.8) is 0 Å². The molecule has 0 aliphatic heterocycles. The van der Waals surface area contributed by atoms with Gasteiger partial charge in [0.25, 0.3) is 0 Å². The van der Waals surface area contributed by atoms with Gasteiger partial charge in [-0.15, -0.1) is 0 Å². The Hall–Kier alpha value is -2.03. The fourth-order valence-electron chi connectivity index (χ4n) is 2.91. The van der Waals surface area contributed by atoms with Crippen LogP contribution in [0.5, 0.6) is 5.75 Å². The molecule has 0 amide bonds. The average molecular weight is 380 g/mol. The molecule has 1 atom stereocenters. The van der Waals surface area contributed by atoms with Crippen LogP contribution in [0.3, 0.4) is 0 Å². The number of benzene rings is 1. The van der Waals surface area contributed by atoms with Crippen molar-refractivity contribution >= 4 is 10.0 Å². The van der Waals surface area contributed by atoms with Gasteiger partial charge in [0.05, 0.1) is 23.6 Å². The molecule has 1 aliphatic rings. The van der Waals surface area contributed by atoms with E-state index in [4.69, 9.17) is 4.74 Å². The lowest BCUT2D eigenvalue weighted by Gasteiger charge is -2.37. The number of ether oxygens (including phenoxy) is 1. The second-order valence-corrected chi connectivity index (χ2v) is 8.23. The molecule has 1 aromatic heterocycles. The lowest BCUT2D eigenvalue weighted by molar-refractivity contribution is 0.0273. The Morgan fingerprint density at radius 3 is 2.58 bits per heavy atom. The average Bonchev–Trinajstić information content (AvgIpc) is 2.60. The number of rotatable bonds is 8. The first-order chi connectivity index (χ1) is 12.4. The van der Waals surface area contributed by atoms with Gasteiger partial charge in [-0.3, -0.25) is 4.98 Å². The highest BCUT2D eigenvalue weighted by molar-refractivity contribution is 7.89. The molecule has 8 heteroatoms. The Bertz CT molecular complexity index is 809. The van der Waals surface area contributed by atoms with Gasteiger partial charge in [-0.25, -0.2) is 17.5 Å². The van der Waals surface area contributed by atoms with Gasteiger partial charge in [0.15, 0.2) is 0 Å². The van der Waals surface area contributed by atoms with Crippen molar-refractivity contribution in [1.82, 2.24) is 9.71 Å². The molecule has 1 aromatic carbocycles. The van der Waals surface area contributed by atoms with Crippen LogP contribution in [0, 0.1) is 11.7 Å². The van der Waals surface area contributed by atoms with E-state index in [2.05, 4.69) is 9.71 Å². The molecule has 1 saturated carbocycles. The normalized spacial score (nSPS) is 21.0. The zero-order valence-electron chi connectivity index (χ0n) is 14.1. The molecule has 0 radical (unpaired) electrons. The summed E-state index contributed by atoms with van der Waals surface area (Å²) in [6.45, 7) is -0.0524. The van der Waals surface area contributed by atoms with Gasteiger partial charge in [-0.1, -0.05) is 6.07 Å². The van der Waals surface area contributed by atoms with Crippen molar-refractivity contribution in [3.8, 4) is 5.75 Å². The summed E-state index contributed by atoms with van der Waals surface area (Å²) >= 11 is 0. The zero-order valence-corrected chi connectivity index (χ0v) is 14.9. The topological polar surface area (TPSA) is 88.5 Å². The number of halogens is 1. The molecule has 1 unspecified atom stereocenters. The van der Waals surface area contributed by atoms with E-state index >= 15 is 0 Å². The van der Waals surface area contributed by atoms with E-state index in [1.54, 1.807) is 24.4 Å². The van der Waals surface area contributed by atoms with Crippen LogP contribution in [-0.4, -0.2) is 37.0 Å². The maximum Gasteiger partial charge on any atom is 0.215 e. The fourth-order valence-corrected chi connectivity index (χ4v) is 4.03. The van der Waals surface area contributed by atoms with E-state index in [1.165, 1.54) is 24.3 Å². The summed E-state index contributed by atoms with van der Waals surface area (Å²) in [5.41, 5.74) is 0.632. The van der Waals surface area contributed by atoms with E-state index in [1.807, 2.05) is 0 Å². The molecule has 1 aliphatic carbocycles.